The molecule has 2 fully saturated rings. The zero-order chi connectivity index (χ0) is 25.2. The number of rotatable bonds is 6. The van der Waals surface area contributed by atoms with Gasteiger partial charge in [0.15, 0.2) is 12.4 Å². The number of esters is 1. The zero-order valence-corrected chi connectivity index (χ0v) is 19.4. The van der Waals surface area contributed by atoms with E-state index in [0.29, 0.717) is 18.5 Å². The van der Waals surface area contributed by atoms with Crippen LogP contribution in [0.15, 0.2) is 78.9 Å². The summed E-state index contributed by atoms with van der Waals surface area (Å²) >= 11 is 0. The van der Waals surface area contributed by atoms with Crippen LogP contribution in [-0.2, 0) is 14.3 Å². The largest absolute Gasteiger partial charge is 0.454 e. The molecule has 1 aliphatic carbocycles. The van der Waals surface area contributed by atoms with Gasteiger partial charge in [0.2, 0.25) is 11.8 Å². The lowest BCUT2D eigenvalue weighted by atomic mass is 9.73. The standard InChI is InChI=1S/C29H24FNO5/c30-22-11-6-19(7-12-22)26(32)17-36-29(35)20-8-13-23(14-9-20)31-27(33)24-15-10-21(16-25(24)28(31)34)18-4-2-1-3-5-18/h1-9,11-14,21,24-25H,10,15-17H2/t21-,24+,25-/m0/s1. The Morgan fingerprint density at radius 1 is 0.806 bits per heavy atom. The number of carbonyl (C=O) groups is 4. The van der Waals surface area contributed by atoms with Crippen molar-refractivity contribution in [2.24, 2.45) is 11.8 Å². The average Bonchev–Trinajstić information content (AvgIpc) is 3.17. The number of hydrogen-bond acceptors (Lipinski definition) is 5. The molecule has 1 aliphatic heterocycles. The molecule has 0 aromatic heterocycles. The lowest BCUT2D eigenvalue weighted by molar-refractivity contribution is -0.122. The zero-order valence-electron chi connectivity index (χ0n) is 19.4. The van der Waals surface area contributed by atoms with E-state index in [2.05, 4.69) is 12.1 Å². The van der Waals surface area contributed by atoms with Crippen LogP contribution >= 0.6 is 0 Å². The van der Waals surface area contributed by atoms with Gasteiger partial charge in [-0.1, -0.05) is 30.3 Å². The molecular formula is C29H24FNO5. The number of halogens is 1. The third-order valence-electron chi connectivity index (χ3n) is 7.06. The molecule has 0 unspecified atom stereocenters. The lowest BCUT2D eigenvalue weighted by Crippen LogP contribution is -2.30. The van der Waals surface area contributed by atoms with Gasteiger partial charge in [0, 0.05) is 5.56 Å². The number of imide groups is 1. The van der Waals surface area contributed by atoms with Gasteiger partial charge in [-0.15, -0.1) is 0 Å². The highest BCUT2D eigenvalue weighted by molar-refractivity contribution is 6.22. The molecular weight excluding hydrogens is 461 g/mol. The Morgan fingerprint density at radius 3 is 2.14 bits per heavy atom. The fourth-order valence-corrected chi connectivity index (χ4v) is 5.14. The van der Waals surface area contributed by atoms with Crippen LogP contribution in [0.5, 0.6) is 0 Å². The van der Waals surface area contributed by atoms with Gasteiger partial charge in [-0.05, 0) is 79.3 Å². The molecule has 2 aliphatic rings. The second-order valence-electron chi connectivity index (χ2n) is 9.20. The molecule has 182 valence electrons. The second kappa shape index (κ2) is 9.85. The van der Waals surface area contributed by atoms with Gasteiger partial charge in [0.05, 0.1) is 23.1 Å². The smallest absolute Gasteiger partial charge is 0.338 e. The number of nitrogens with zero attached hydrogens (tertiary/aromatic N) is 1. The molecule has 6 nitrogen and oxygen atoms in total. The Kier molecular flexibility index (Phi) is 6.46. The molecule has 3 aromatic carbocycles. The van der Waals surface area contributed by atoms with Gasteiger partial charge in [-0.3, -0.25) is 19.3 Å². The molecule has 3 aromatic rings. The molecule has 7 heteroatoms. The average molecular weight is 486 g/mol. The highest BCUT2D eigenvalue weighted by Crippen LogP contribution is 2.45. The minimum absolute atomic E-state index is 0.186. The molecule has 0 spiro atoms. The number of amides is 2. The Hall–Kier alpha value is -4.13. The SMILES string of the molecule is O=C(COC(=O)c1ccc(N2C(=O)[C@H]3C[C@@H](c4ccccc4)CC[C@H]3C2=O)cc1)c1ccc(F)cc1. The van der Waals surface area contributed by atoms with Crippen LogP contribution in [0.4, 0.5) is 10.1 Å². The molecule has 0 radical (unpaired) electrons. The summed E-state index contributed by atoms with van der Waals surface area (Å²) in [6, 6.07) is 21.0. The Labute approximate surface area is 207 Å². The first-order valence-corrected chi connectivity index (χ1v) is 11.9. The van der Waals surface area contributed by atoms with Crippen LogP contribution < -0.4 is 4.90 Å². The highest BCUT2D eigenvalue weighted by atomic mass is 19.1. The molecule has 0 N–H and O–H groups in total. The van der Waals surface area contributed by atoms with Crippen molar-refractivity contribution in [3.05, 3.63) is 101 Å². The maximum Gasteiger partial charge on any atom is 0.338 e. The van der Waals surface area contributed by atoms with Gasteiger partial charge in [-0.25, -0.2) is 9.18 Å². The highest BCUT2D eigenvalue weighted by Gasteiger charge is 2.50. The second-order valence-corrected chi connectivity index (χ2v) is 9.20. The van der Waals surface area contributed by atoms with Crippen molar-refractivity contribution in [1.82, 2.24) is 0 Å². The van der Waals surface area contributed by atoms with Gasteiger partial charge >= 0.3 is 5.97 Å². The van der Waals surface area contributed by atoms with E-state index in [1.807, 2.05) is 18.2 Å². The summed E-state index contributed by atoms with van der Waals surface area (Å²) in [4.78, 5) is 52.1. The number of benzene rings is 3. The summed E-state index contributed by atoms with van der Waals surface area (Å²) < 4.78 is 18.1. The monoisotopic (exact) mass is 485 g/mol. The summed E-state index contributed by atoms with van der Waals surface area (Å²) in [6.07, 6.45) is 2.17. The molecule has 36 heavy (non-hydrogen) atoms. The third-order valence-corrected chi connectivity index (χ3v) is 7.06. The maximum absolute atomic E-state index is 13.2. The molecule has 0 bridgehead atoms. The van der Waals surface area contributed by atoms with Crippen molar-refractivity contribution in [2.75, 3.05) is 11.5 Å². The van der Waals surface area contributed by atoms with Crippen molar-refractivity contribution in [3.8, 4) is 0 Å². The van der Waals surface area contributed by atoms with Crippen molar-refractivity contribution in [1.29, 1.82) is 0 Å². The molecule has 1 heterocycles. The number of fused-ring (bicyclic) bond motifs is 1. The van der Waals surface area contributed by atoms with Crippen molar-refractivity contribution < 1.29 is 28.3 Å². The summed E-state index contributed by atoms with van der Waals surface area (Å²) in [6.45, 7) is -0.485. The van der Waals surface area contributed by atoms with E-state index in [-0.39, 0.29) is 40.7 Å². The maximum atomic E-state index is 13.2. The lowest BCUT2D eigenvalue weighted by Gasteiger charge is -2.28. The van der Waals surface area contributed by atoms with Gasteiger partial charge in [0.1, 0.15) is 5.82 Å². The van der Waals surface area contributed by atoms with Gasteiger partial charge in [0.25, 0.3) is 0 Å². The first kappa shape index (κ1) is 23.6. The van der Waals surface area contributed by atoms with Crippen molar-refractivity contribution in [2.45, 2.75) is 25.2 Å². The van der Waals surface area contributed by atoms with E-state index in [0.717, 1.165) is 18.6 Å². The number of Topliss-reactive ketones (excluding diaryl/α,β-unsaturated/α-hetero) is 1. The summed E-state index contributed by atoms with van der Waals surface area (Å²) in [5.41, 5.74) is 2.03. The predicted molar refractivity (Wildman–Crippen MR) is 130 cm³/mol. The number of ether oxygens (including phenoxy) is 1. The first-order chi connectivity index (χ1) is 17.4. The summed E-state index contributed by atoms with van der Waals surface area (Å²) in [5.74, 6) is -2.45. The predicted octanol–water partition coefficient (Wildman–Crippen LogP) is 4.94. The van der Waals surface area contributed by atoms with Crippen molar-refractivity contribution >= 4 is 29.3 Å². The molecule has 1 saturated carbocycles. The van der Waals surface area contributed by atoms with Crippen LogP contribution in [0.25, 0.3) is 0 Å². The van der Waals surface area contributed by atoms with E-state index in [1.165, 1.54) is 34.7 Å². The minimum atomic E-state index is -0.713. The van der Waals surface area contributed by atoms with E-state index in [4.69, 9.17) is 4.74 Å². The first-order valence-electron chi connectivity index (χ1n) is 11.9. The van der Waals surface area contributed by atoms with E-state index in [1.54, 1.807) is 12.1 Å². The number of ketones is 1. The van der Waals surface area contributed by atoms with Crippen LogP contribution in [0.3, 0.4) is 0 Å². The van der Waals surface area contributed by atoms with E-state index in [9.17, 15) is 23.6 Å². The fourth-order valence-electron chi connectivity index (χ4n) is 5.14. The minimum Gasteiger partial charge on any atom is -0.454 e. The number of anilines is 1. The Morgan fingerprint density at radius 2 is 1.44 bits per heavy atom. The molecule has 1 saturated heterocycles. The van der Waals surface area contributed by atoms with E-state index >= 15 is 0 Å². The summed E-state index contributed by atoms with van der Waals surface area (Å²) in [5, 5.41) is 0. The third kappa shape index (κ3) is 4.56. The van der Waals surface area contributed by atoms with Crippen LogP contribution in [0.2, 0.25) is 0 Å². The van der Waals surface area contributed by atoms with Gasteiger partial charge in [-0.2, -0.15) is 0 Å². The van der Waals surface area contributed by atoms with Crippen molar-refractivity contribution in [3.63, 3.8) is 0 Å². The molecule has 5 rings (SSSR count). The van der Waals surface area contributed by atoms with Crippen LogP contribution in [0.1, 0.15) is 51.5 Å². The van der Waals surface area contributed by atoms with E-state index < -0.39 is 24.2 Å². The molecule has 2 amide bonds. The Bertz CT molecular complexity index is 1300. The van der Waals surface area contributed by atoms with Crippen LogP contribution in [0, 0.1) is 17.7 Å². The topological polar surface area (TPSA) is 80.8 Å². The van der Waals surface area contributed by atoms with Crippen LogP contribution in [-0.4, -0.2) is 30.2 Å². The number of carbonyl (C=O) groups excluding carboxylic acids is 4. The number of hydrogen-bond donors (Lipinski definition) is 0. The Balaban J connectivity index is 1.23. The normalized spacial score (nSPS) is 21.2. The molecule has 3 atom stereocenters. The fraction of sp³-hybridized carbons (Fsp3) is 0.241. The van der Waals surface area contributed by atoms with Gasteiger partial charge < -0.3 is 4.74 Å². The quantitative estimate of drug-likeness (QED) is 0.281. The summed E-state index contributed by atoms with van der Waals surface area (Å²) in [7, 11) is 0.